The molecule has 1 fully saturated rings. The highest BCUT2D eigenvalue weighted by molar-refractivity contribution is 8.02. The van der Waals surface area contributed by atoms with Gasteiger partial charge >= 0.3 is 5.97 Å². The molecule has 1 saturated heterocycles. The van der Waals surface area contributed by atoms with E-state index in [1.54, 1.807) is 13.8 Å². The number of hydrogen-bond acceptors (Lipinski definition) is 6. The lowest BCUT2D eigenvalue weighted by molar-refractivity contribution is -0.146. The molecule has 0 bridgehead atoms. The zero-order valence-electron chi connectivity index (χ0n) is 11.0. The summed E-state index contributed by atoms with van der Waals surface area (Å²) in [5.74, 6) is -0.257. The molecule has 1 heterocycles. The second kappa shape index (κ2) is 7.14. The van der Waals surface area contributed by atoms with E-state index in [0.717, 1.165) is 0 Å². The van der Waals surface area contributed by atoms with Gasteiger partial charge < -0.3 is 10.1 Å². The van der Waals surface area contributed by atoms with Gasteiger partial charge in [-0.15, -0.1) is 11.8 Å². The van der Waals surface area contributed by atoms with Crippen molar-refractivity contribution in [1.29, 1.82) is 0 Å². The zero-order valence-corrected chi connectivity index (χ0v) is 12.7. The molecule has 8 heteroatoms. The van der Waals surface area contributed by atoms with E-state index in [4.69, 9.17) is 4.74 Å². The first-order chi connectivity index (χ1) is 8.84. The van der Waals surface area contributed by atoms with E-state index < -0.39 is 21.8 Å². The van der Waals surface area contributed by atoms with Crippen molar-refractivity contribution in [2.75, 3.05) is 23.9 Å². The van der Waals surface area contributed by atoms with Crippen LogP contribution in [0.5, 0.6) is 0 Å². The van der Waals surface area contributed by atoms with Crippen LogP contribution in [0.15, 0.2) is 0 Å². The van der Waals surface area contributed by atoms with Gasteiger partial charge in [-0.05, 0) is 20.3 Å². The first-order valence-corrected chi connectivity index (χ1v) is 8.99. The molecule has 1 rings (SSSR count). The number of nitrogens with one attached hydrogen (secondary N) is 1. The van der Waals surface area contributed by atoms with Gasteiger partial charge in [0.1, 0.15) is 6.04 Å². The molecule has 0 radical (unpaired) electrons. The van der Waals surface area contributed by atoms with Crippen LogP contribution in [0.3, 0.4) is 0 Å². The van der Waals surface area contributed by atoms with E-state index >= 15 is 0 Å². The van der Waals surface area contributed by atoms with Gasteiger partial charge in [-0.25, -0.2) is 13.2 Å². The van der Waals surface area contributed by atoms with E-state index in [1.165, 1.54) is 11.8 Å². The number of ether oxygens (including phenoxy) is 1. The Morgan fingerprint density at radius 1 is 1.47 bits per heavy atom. The highest BCUT2D eigenvalue weighted by Gasteiger charge is 2.28. The van der Waals surface area contributed by atoms with Crippen molar-refractivity contribution in [1.82, 2.24) is 5.32 Å². The van der Waals surface area contributed by atoms with Gasteiger partial charge in [-0.3, -0.25) is 4.79 Å². The monoisotopic (exact) mass is 309 g/mol. The summed E-state index contributed by atoms with van der Waals surface area (Å²) in [5.41, 5.74) is 0. The second-order valence-corrected chi connectivity index (χ2v) is 7.89. The summed E-state index contributed by atoms with van der Waals surface area (Å²) in [5, 5.41) is 2.51. The molecule has 1 aliphatic rings. The Labute approximate surface area is 117 Å². The van der Waals surface area contributed by atoms with Crippen LogP contribution in [0.1, 0.15) is 20.3 Å². The van der Waals surface area contributed by atoms with Crippen molar-refractivity contribution in [2.45, 2.75) is 31.6 Å². The maximum absolute atomic E-state index is 11.6. The molecule has 1 N–H and O–H groups in total. The maximum atomic E-state index is 11.6. The molecule has 110 valence electrons. The van der Waals surface area contributed by atoms with Crippen LogP contribution in [-0.2, 0) is 24.2 Å². The minimum Gasteiger partial charge on any atom is -0.464 e. The van der Waals surface area contributed by atoms with Crippen molar-refractivity contribution in [3.8, 4) is 0 Å². The summed E-state index contributed by atoms with van der Waals surface area (Å²) < 4.78 is 27.3. The lowest BCUT2D eigenvalue weighted by atomic mass is 10.3. The summed E-state index contributed by atoms with van der Waals surface area (Å²) in [6.07, 6.45) is 0.591. The van der Waals surface area contributed by atoms with Crippen LogP contribution >= 0.6 is 11.8 Å². The fourth-order valence-electron chi connectivity index (χ4n) is 1.70. The Morgan fingerprint density at radius 2 is 2.16 bits per heavy atom. The largest absolute Gasteiger partial charge is 0.464 e. The number of rotatable bonds is 6. The Bertz CT molecular complexity index is 434. The van der Waals surface area contributed by atoms with Crippen LogP contribution in [0.4, 0.5) is 0 Å². The minimum absolute atomic E-state index is 0.0198. The van der Waals surface area contributed by atoms with Crippen molar-refractivity contribution in [2.24, 2.45) is 0 Å². The number of carbonyl (C=O) groups excluding carboxylic acids is 2. The van der Waals surface area contributed by atoms with Gasteiger partial charge in [0, 0.05) is 5.25 Å². The first-order valence-electron chi connectivity index (χ1n) is 6.12. The number of hydrogen-bond donors (Lipinski definition) is 1. The lowest BCUT2D eigenvalue weighted by Crippen LogP contribution is -2.40. The average molecular weight is 309 g/mol. The second-order valence-electron chi connectivity index (χ2n) is 4.38. The zero-order chi connectivity index (χ0) is 14.5. The molecule has 1 aliphatic heterocycles. The smallest absolute Gasteiger partial charge is 0.328 e. The van der Waals surface area contributed by atoms with Gasteiger partial charge in [-0.2, -0.15) is 0 Å². The van der Waals surface area contributed by atoms with Gasteiger partial charge in [-0.1, -0.05) is 0 Å². The molecule has 19 heavy (non-hydrogen) atoms. The third kappa shape index (κ3) is 5.82. The number of thioether (sulfide) groups is 1. The van der Waals surface area contributed by atoms with Gasteiger partial charge in [0.15, 0.2) is 9.84 Å². The van der Waals surface area contributed by atoms with Crippen LogP contribution < -0.4 is 5.32 Å². The highest BCUT2D eigenvalue weighted by Crippen LogP contribution is 2.23. The Morgan fingerprint density at radius 3 is 2.68 bits per heavy atom. The number of sulfone groups is 1. The van der Waals surface area contributed by atoms with E-state index in [1.807, 2.05) is 0 Å². The number of amides is 1. The summed E-state index contributed by atoms with van der Waals surface area (Å²) in [6, 6.07) is -0.680. The molecule has 2 atom stereocenters. The molecule has 0 aromatic carbocycles. The quantitative estimate of drug-likeness (QED) is 0.693. The summed E-state index contributed by atoms with van der Waals surface area (Å²) in [4.78, 5) is 22.9. The third-order valence-electron chi connectivity index (χ3n) is 2.66. The minimum atomic E-state index is -2.91. The third-order valence-corrected chi connectivity index (χ3v) is 5.94. The summed E-state index contributed by atoms with van der Waals surface area (Å²) in [7, 11) is -2.91. The Hall–Kier alpha value is -0.760. The standard InChI is InChI=1S/C11H19NO5S2/c1-3-17-11(14)8(2)12-10(13)6-18-9-4-5-19(15,16)7-9/h8-9H,3-7H2,1-2H3,(H,12,13). The van der Waals surface area contributed by atoms with Crippen LogP contribution in [0.25, 0.3) is 0 Å². The molecule has 0 aromatic rings. The van der Waals surface area contributed by atoms with E-state index in [0.29, 0.717) is 6.42 Å². The van der Waals surface area contributed by atoms with Crippen LogP contribution in [0, 0.1) is 0 Å². The molecule has 0 aromatic heterocycles. The van der Waals surface area contributed by atoms with Gasteiger partial charge in [0.05, 0.1) is 23.9 Å². The molecule has 0 aliphatic carbocycles. The molecular weight excluding hydrogens is 290 g/mol. The van der Waals surface area contributed by atoms with E-state index in [-0.39, 0.29) is 35.0 Å². The summed E-state index contributed by atoms with van der Waals surface area (Å²) in [6.45, 7) is 3.52. The molecular formula is C11H19NO5S2. The van der Waals surface area contributed by atoms with Crippen LogP contribution in [0.2, 0.25) is 0 Å². The molecule has 6 nitrogen and oxygen atoms in total. The Balaban J connectivity index is 2.27. The topological polar surface area (TPSA) is 89.5 Å². The van der Waals surface area contributed by atoms with E-state index in [2.05, 4.69) is 5.32 Å². The van der Waals surface area contributed by atoms with E-state index in [9.17, 15) is 18.0 Å². The number of esters is 1. The average Bonchev–Trinajstić information content (AvgIpc) is 2.66. The van der Waals surface area contributed by atoms with Crippen molar-refractivity contribution in [3.63, 3.8) is 0 Å². The molecule has 2 unspecified atom stereocenters. The predicted molar refractivity (Wildman–Crippen MR) is 73.8 cm³/mol. The number of carbonyl (C=O) groups is 2. The molecule has 0 saturated carbocycles. The SMILES string of the molecule is CCOC(=O)C(C)NC(=O)CSC1CCS(=O)(=O)C1. The van der Waals surface area contributed by atoms with Crippen molar-refractivity contribution >= 4 is 33.5 Å². The highest BCUT2D eigenvalue weighted by atomic mass is 32.2. The van der Waals surface area contributed by atoms with Crippen molar-refractivity contribution < 1.29 is 22.7 Å². The molecule has 1 amide bonds. The van der Waals surface area contributed by atoms with Crippen molar-refractivity contribution in [3.05, 3.63) is 0 Å². The Kier molecular flexibility index (Phi) is 6.12. The van der Waals surface area contributed by atoms with Gasteiger partial charge in [0.2, 0.25) is 5.91 Å². The normalized spacial score (nSPS) is 22.7. The fourth-order valence-corrected chi connectivity index (χ4v) is 5.15. The molecule has 0 spiro atoms. The maximum Gasteiger partial charge on any atom is 0.328 e. The van der Waals surface area contributed by atoms with Gasteiger partial charge in [0.25, 0.3) is 0 Å². The fraction of sp³-hybridized carbons (Fsp3) is 0.818. The predicted octanol–water partition coefficient (Wildman–Crippen LogP) is -0.0255. The van der Waals surface area contributed by atoms with Crippen LogP contribution in [-0.4, -0.2) is 55.5 Å². The lowest BCUT2D eigenvalue weighted by Gasteiger charge is -2.13. The summed E-state index contributed by atoms with van der Waals surface area (Å²) >= 11 is 1.32. The first kappa shape index (κ1) is 16.3.